The SMILES string of the molecule is C#Cc1ccc2c(c1)-c1nc(C(N)=O)sc1C(COC)CO2. The van der Waals surface area contributed by atoms with Gasteiger partial charge >= 0.3 is 0 Å². The number of carbonyl (C=O) groups is 1. The quantitative estimate of drug-likeness (QED) is 0.880. The molecule has 1 unspecified atom stereocenters. The molecule has 0 fully saturated rings. The zero-order chi connectivity index (χ0) is 15.7. The van der Waals surface area contributed by atoms with Crippen LogP contribution in [0, 0.1) is 12.3 Å². The van der Waals surface area contributed by atoms with Crippen molar-refractivity contribution in [1.82, 2.24) is 4.98 Å². The highest BCUT2D eigenvalue weighted by Gasteiger charge is 2.28. The van der Waals surface area contributed by atoms with E-state index in [2.05, 4.69) is 10.9 Å². The number of hydrogen-bond acceptors (Lipinski definition) is 5. The first-order valence-electron chi connectivity index (χ1n) is 6.67. The van der Waals surface area contributed by atoms with E-state index < -0.39 is 5.91 Å². The number of hydrogen-bond donors (Lipinski definition) is 1. The van der Waals surface area contributed by atoms with Crippen LogP contribution in [0.1, 0.15) is 26.2 Å². The van der Waals surface area contributed by atoms with Crippen molar-refractivity contribution >= 4 is 17.2 Å². The van der Waals surface area contributed by atoms with Crippen molar-refractivity contribution in [2.24, 2.45) is 5.73 Å². The lowest BCUT2D eigenvalue weighted by Gasteiger charge is -2.12. The Kier molecular flexibility index (Phi) is 3.84. The van der Waals surface area contributed by atoms with E-state index in [1.54, 1.807) is 7.11 Å². The summed E-state index contributed by atoms with van der Waals surface area (Å²) >= 11 is 1.28. The van der Waals surface area contributed by atoms with Gasteiger partial charge in [0.25, 0.3) is 5.91 Å². The lowest BCUT2D eigenvalue weighted by atomic mass is 10.0. The van der Waals surface area contributed by atoms with Crippen LogP contribution < -0.4 is 10.5 Å². The first kappa shape index (κ1) is 14.6. The second-order valence-corrected chi connectivity index (χ2v) is 5.95. The Morgan fingerprint density at radius 1 is 1.64 bits per heavy atom. The monoisotopic (exact) mass is 314 g/mol. The maximum Gasteiger partial charge on any atom is 0.277 e. The summed E-state index contributed by atoms with van der Waals surface area (Å²) in [5, 5.41) is 0.282. The predicted octanol–water partition coefficient (Wildman–Crippen LogP) is 2.01. The van der Waals surface area contributed by atoms with Gasteiger partial charge in [-0.2, -0.15) is 0 Å². The molecule has 0 aliphatic carbocycles. The molecule has 2 aromatic rings. The average molecular weight is 314 g/mol. The van der Waals surface area contributed by atoms with E-state index >= 15 is 0 Å². The van der Waals surface area contributed by atoms with E-state index in [4.69, 9.17) is 21.6 Å². The number of primary amides is 1. The Labute approximate surface area is 132 Å². The van der Waals surface area contributed by atoms with Crippen molar-refractivity contribution in [3.8, 4) is 29.4 Å². The molecule has 112 valence electrons. The number of amides is 1. The minimum atomic E-state index is -0.537. The predicted molar refractivity (Wildman–Crippen MR) is 84.1 cm³/mol. The van der Waals surface area contributed by atoms with Gasteiger partial charge in [0.1, 0.15) is 5.75 Å². The third kappa shape index (κ3) is 2.45. The van der Waals surface area contributed by atoms with Gasteiger partial charge in [-0.25, -0.2) is 4.98 Å². The number of aromatic nitrogens is 1. The Hall–Kier alpha value is -2.36. The maximum atomic E-state index is 11.5. The summed E-state index contributed by atoms with van der Waals surface area (Å²) in [6, 6.07) is 5.48. The van der Waals surface area contributed by atoms with Gasteiger partial charge in [0, 0.05) is 23.1 Å². The molecule has 1 amide bonds. The van der Waals surface area contributed by atoms with Crippen molar-refractivity contribution < 1.29 is 14.3 Å². The molecule has 5 nitrogen and oxygen atoms in total. The first-order valence-corrected chi connectivity index (χ1v) is 7.49. The van der Waals surface area contributed by atoms with Gasteiger partial charge in [0.05, 0.1) is 24.8 Å². The molecule has 2 heterocycles. The molecule has 1 aliphatic heterocycles. The number of thiazole rings is 1. The van der Waals surface area contributed by atoms with Crippen molar-refractivity contribution in [3.63, 3.8) is 0 Å². The zero-order valence-electron chi connectivity index (χ0n) is 12.0. The van der Waals surface area contributed by atoms with Gasteiger partial charge in [-0.05, 0) is 18.2 Å². The largest absolute Gasteiger partial charge is 0.492 e. The fourth-order valence-electron chi connectivity index (χ4n) is 2.43. The Bertz CT molecular complexity index is 776. The van der Waals surface area contributed by atoms with E-state index in [1.165, 1.54) is 11.3 Å². The summed E-state index contributed by atoms with van der Waals surface area (Å²) in [4.78, 5) is 16.8. The molecular weight excluding hydrogens is 300 g/mol. The molecular formula is C16H14N2O3S. The van der Waals surface area contributed by atoms with Crippen LogP contribution in [0.2, 0.25) is 0 Å². The number of nitrogens with zero attached hydrogens (tertiary/aromatic N) is 1. The number of fused-ring (bicyclic) bond motifs is 3. The summed E-state index contributed by atoms with van der Waals surface area (Å²) in [6.07, 6.45) is 5.47. The highest BCUT2D eigenvalue weighted by molar-refractivity contribution is 7.14. The van der Waals surface area contributed by atoms with Gasteiger partial charge in [-0.1, -0.05) is 5.92 Å². The maximum absolute atomic E-state index is 11.5. The first-order chi connectivity index (χ1) is 10.6. The van der Waals surface area contributed by atoms with E-state index in [0.717, 1.165) is 16.0 Å². The van der Waals surface area contributed by atoms with Crippen molar-refractivity contribution in [2.75, 3.05) is 20.3 Å². The summed E-state index contributed by atoms with van der Waals surface area (Å²) < 4.78 is 11.1. The zero-order valence-corrected chi connectivity index (χ0v) is 12.8. The van der Waals surface area contributed by atoms with E-state index in [-0.39, 0.29) is 10.9 Å². The molecule has 0 saturated heterocycles. The minimum absolute atomic E-state index is 0.00714. The van der Waals surface area contributed by atoms with Crippen LogP contribution in [-0.2, 0) is 4.74 Å². The molecule has 1 aromatic carbocycles. The van der Waals surface area contributed by atoms with Crippen molar-refractivity contribution in [3.05, 3.63) is 33.6 Å². The van der Waals surface area contributed by atoms with Crippen LogP contribution in [0.5, 0.6) is 5.75 Å². The van der Waals surface area contributed by atoms with E-state index in [9.17, 15) is 4.79 Å². The second-order valence-electron chi connectivity index (χ2n) is 4.91. The molecule has 1 aliphatic rings. The number of ether oxygens (including phenoxy) is 2. The van der Waals surface area contributed by atoms with Crippen LogP contribution in [0.4, 0.5) is 0 Å². The van der Waals surface area contributed by atoms with Gasteiger partial charge < -0.3 is 15.2 Å². The molecule has 3 rings (SSSR count). The molecule has 2 N–H and O–H groups in total. The second kappa shape index (κ2) is 5.79. The van der Waals surface area contributed by atoms with Gasteiger partial charge in [0.15, 0.2) is 5.01 Å². The Morgan fingerprint density at radius 2 is 2.45 bits per heavy atom. The fraction of sp³-hybridized carbons (Fsp3) is 0.250. The molecule has 1 atom stereocenters. The number of methoxy groups -OCH3 is 1. The van der Waals surface area contributed by atoms with E-state index in [1.807, 2.05) is 18.2 Å². The normalized spacial score (nSPS) is 15.9. The van der Waals surface area contributed by atoms with E-state index in [0.29, 0.717) is 24.7 Å². The fourth-order valence-corrected chi connectivity index (χ4v) is 3.43. The molecule has 0 radical (unpaired) electrons. The number of carbonyl (C=O) groups excluding carboxylic acids is 1. The lowest BCUT2D eigenvalue weighted by molar-refractivity contribution is 0.1000. The average Bonchev–Trinajstić information content (AvgIpc) is 2.91. The smallest absolute Gasteiger partial charge is 0.277 e. The molecule has 0 saturated carbocycles. The number of benzene rings is 1. The van der Waals surface area contributed by atoms with Gasteiger partial charge in [0.2, 0.25) is 0 Å². The third-order valence-electron chi connectivity index (χ3n) is 3.44. The van der Waals surface area contributed by atoms with Crippen molar-refractivity contribution in [1.29, 1.82) is 0 Å². The Morgan fingerprint density at radius 3 is 3.14 bits per heavy atom. The molecule has 1 aromatic heterocycles. The number of terminal acetylenes is 1. The number of nitrogens with two attached hydrogens (primary N) is 1. The van der Waals surface area contributed by atoms with Crippen LogP contribution in [0.3, 0.4) is 0 Å². The van der Waals surface area contributed by atoms with Gasteiger partial charge in [-0.15, -0.1) is 17.8 Å². The topological polar surface area (TPSA) is 74.4 Å². The molecule has 0 spiro atoms. The molecule has 0 bridgehead atoms. The highest BCUT2D eigenvalue weighted by atomic mass is 32.1. The van der Waals surface area contributed by atoms with Crippen molar-refractivity contribution in [2.45, 2.75) is 5.92 Å². The standard InChI is InChI=1S/C16H14N2O3S/c1-3-9-4-5-12-11(6-9)13-14(10(7-20-2)8-21-12)22-16(18-13)15(17)19/h1,4-6,10H,7-8H2,2H3,(H2,17,19). The number of rotatable bonds is 3. The minimum Gasteiger partial charge on any atom is -0.492 e. The lowest BCUT2D eigenvalue weighted by Crippen LogP contribution is -2.13. The third-order valence-corrected chi connectivity index (χ3v) is 4.68. The highest BCUT2D eigenvalue weighted by Crippen LogP contribution is 2.42. The summed E-state index contributed by atoms with van der Waals surface area (Å²) in [5.41, 5.74) is 7.59. The molecule has 6 heteroatoms. The summed E-state index contributed by atoms with van der Waals surface area (Å²) in [6.45, 7) is 0.924. The van der Waals surface area contributed by atoms with Gasteiger partial charge in [-0.3, -0.25) is 4.79 Å². The summed E-state index contributed by atoms with van der Waals surface area (Å²) in [7, 11) is 1.63. The Balaban J connectivity index is 2.20. The van der Waals surface area contributed by atoms with Crippen LogP contribution >= 0.6 is 11.3 Å². The molecule has 22 heavy (non-hydrogen) atoms. The summed E-state index contributed by atoms with van der Waals surface area (Å²) in [5.74, 6) is 2.75. The van der Waals surface area contributed by atoms with Crippen LogP contribution in [-0.4, -0.2) is 31.2 Å². The van der Waals surface area contributed by atoms with Crippen LogP contribution in [0.25, 0.3) is 11.3 Å². The van der Waals surface area contributed by atoms with Crippen LogP contribution in [0.15, 0.2) is 18.2 Å².